The highest BCUT2D eigenvalue weighted by molar-refractivity contribution is 9.10. The van der Waals surface area contributed by atoms with Crippen LogP contribution in [0.4, 0.5) is 10.1 Å². The number of nitrogens with one attached hydrogen (secondary N) is 1. The average Bonchev–Trinajstić information content (AvgIpc) is 2.38. The van der Waals surface area contributed by atoms with Crippen molar-refractivity contribution in [3.63, 3.8) is 0 Å². The second-order valence-corrected chi connectivity index (χ2v) is 5.04. The Labute approximate surface area is 123 Å². The molecule has 0 aliphatic rings. The van der Waals surface area contributed by atoms with Crippen LogP contribution in [-0.4, -0.2) is 11.7 Å². The molecule has 2 rings (SSSR count). The summed E-state index contributed by atoms with van der Waals surface area (Å²) in [6.07, 6.45) is 0. The fourth-order valence-corrected chi connectivity index (χ4v) is 2.25. The zero-order valence-corrected chi connectivity index (χ0v) is 12.2. The molecular weight excluding hydrogens is 325 g/mol. The van der Waals surface area contributed by atoms with Gasteiger partial charge >= 0.3 is 0 Å². The lowest BCUT2D eigenvalue weighted by molar-refractivity contribution is 0.100. The molecule has 0 spiro atoms. The van der Waals surface area contributed by atoms with Gasteiger partial charge in [-0.05, 0) is 47.1 Å². The number of rotatable bonds is 3. The number of Topliss-reactive ketones (excluding diaryl/α,β-unsaturated/α-hetero) is 1. The first-order valence-electron chi connectivity index (χ1n) is 5.85. The first kappa shape index (κ1) is 14.4. The van der Waals surface area contributed by atoms with Crippen LogP contribution in [-0.2, 0) is 0 Å². The molecule has 0 saturated carbocycles. The highest BCUT2D eigenvalue weighted by Crippen LogP contribution is 2.21. The van der Waals surface area contributed by atoms with E-state index in [4.69, 9.17) is 0 Å². The number of halogens is 2. The first-order valence-corrected chi connectivity index (χ1v) is 6.64. The molecule has 2 aromatic carbocycles. The minimum atomic E-state index is -0.611. The third-order valence-corrected chi connectivity index (χ3v) is 3.38. The normalized spacial score (nSPS) is 10.2. The average molecular weight is 336 g/mol. The molecule has 0 unspecified atom stereocenters. The van der Waals surface area contributed by atoms with Crippen LogP contribution in [0.15, 0.2) is 46.9 Å². The van der Waals surface area contributed by atoms with Crippen LogP contribution < -0.4 is 5.32 Å². The van der Waals surface area contributed by atoms with Crippen LogP contribution in [0.1, 0.15) is 27.6 Å². The molecular formula is C15H11BrFNO2. The van der Waals surface area contributed by atoms with Gasteiger partial charge in [0.25, 0.3) is 5.91 Å². The van der Waals surface area contributed by atoms with Crippen LogP contribution in [0.2, 0.25) is 0 Å². The maximum atomic E-state index is 13.7. The number of ketones is 1. The van der Waals surface area contributed by atoms with Crippen LogP contribution in [0.3, 0.4) is 0 Å². The third kappa shape index (κ3) is 3.11. The topological polar surface area (TPSA) is 46.2 Å². The number of carbonyl (C=O) groups excluding carboxylic acids is 2. The summed E-state index contributed by atoms with van der Waals surface area (Å²) in [6, 6.07) is 10.8. The van der Waals surface area contributed by atoms with Gasteiger partial charge in [0.1, 0.15) is 5.82 Å². The van der Waals surface area contributed by atoms with Gasteiger partial charge in [-0.1, -0.05) is 18.2 Å². The van der Waals surface area contributed by atoms with E-state index < -0.39 is 11.7 Å². The number of hydrogen-bond donors (Lipinski definition) is 1. The molecule has 0 fully saturated rings. The summed E-state index contributed by atoms with van der Waals surface area (Å²) < 4.78 is 14.0. The maximum Gasteiger partial charge on any atom is 0.259 e. The first-order chi connectivity index (χ1) is 9.49. The number of hydrogen-bond acceptors (Lipinski definition) is 2. The van der Waals surface area contributed by atoms with Crippen molar-refractivity contribution in [3.05, 3.63) is 63.9 Å². The van der Waals surface area contributed by atoms with Gasteiger partial charge in [0.15, 0.2) is 5.78 Å². The maximum absolute atomic E-state index is 13.7. The molecule has 0 aromatic heterocycles. The molecule has 0 aliphatic carbocycles. The lowest BCUT2D eigenvalue weighted by Gasteiger charge is -2.08. The molecule has 102 valence electrons. The summed E-state index contributed by atoms with van der Waals surface area (Å²) >= 11 is 3.14. The number of carbonyl (C=O) groups is 2. The number of amides is 1. The molecule has 2 aromatic rings. The number of anilines is 1. The van der Waals surface area contributed by atoms with Gasteiger partial charge in [-0.3, -0.25) is 9.59 Å². The highest BCUT2D eigenvalue weighted by Gasteiger charge is 2.15. The molecule has 3 nitrogen and oxygen atoms in total. The van der Waals surface area contributed by atoms with Gasteiger partial charge in [-0.15, -0.1) is 0 Å². The van der Waals surface area contributed by atoms with Gasteiger partial charge in [0.2, 0.25) is 0 Å². The quantitative estimate of drug-likeness (QED) is 0.860. The van der Waals surface area contributed by atoms with Crippen molar-refractivity contribution < 1.29 is 14.0 Å². The van der Waals surface area contributed by atoms with Gasteiger partial charge < -0.3 is 5.32 Å². The SMILES string of the molecule is CC(=O)c1cccc(NC(=O)c2c(F)cccc2Br)c1. The minimum absolute atomic E-state index is 0.0688. The Morgan fingerprint density at radius 1 is 1.15 bits per heavy atom. The van der Waals surface area contributed by atoms with Crippen molar-refractivity contribution in [2.75, 3.05) is 5.32 Å². The van der Waals surface area contributed by atoms with E-state index in [-0.39, 0.29) is 11.3 Å². The van der Waals surface area contributed by atoms with E-state index in [0.29, 0.717) is 15.7 Å². The Morgan fingerprint density at radius 2 is 1.85 bits per heavy atom. The second-order valence-electron chi connectivity index (χ2n) is 4.19. The van der Waals surface area contributed by atoms with Gasteiger partial charge in [-0.2, -0.15) is 0 Å². The van der Waals surface area contributed by atoms with Crippen molar-refractivity contribution in [1.82, 2.24) is 0 Å². The van der Waals surface area contributed by atoms with Crippen molar-refractivity contribution in [1.29, 1.82) is 0 Å². The van der Waals surface area contributed by atoms with E-state index in [2.05, 4.69) is 21.2 Å². The molecule has 0 bridgehead atoms. The van der Waals surface area contributed by atoms with Crippen molar-refractivity contribution in [2.45, 2.75) is 6.92 Å². The van der Waals surface area contributed by atoms with Crippen LogP contribution in [0, 0.1) is 5.82 Å². The van der Waals surface area contributed by atoms with Crippen molar-refractivity contribution >= 4 is 33.3 Å². The predicted octanol–water partition coefficient (Wildman–Crippen LogP) is 4.04. The zero-order chi connectivity index (χ0) is 14.7. The van der Waals surface area contributed by atoms with E-state index in [1.54, 1.807) is 30.3 Å². The molecule has 0 saturated heterocycles. The van der Waals surface area contributed by atoms with Crippen LogP contribution >= 0.6 is 15.9 Å². The van der Waals surface area contributed by atoms with E-state index in [9.17, 15) is 14.0 Å². The lowest BCUT2D eigenvalue weighted by Crippen LogP contribution is -2.14. The molecule has 0 heterocycles. The molecule has 5 heteroatoms. The van der Waals surface area contributed by atoms with Crippen LogP contribution in [0.5, 0.6) is 0 Å². The Balaban J connectivity index is 2.28. The van der Waals surface area contributed by atoms with E-state index in [1.165, 1.54) is 19.1 Å². The summed E-state index contributed by atoms with van der Waals surface area (Å²) in [6.45, 7) is 1.44. The predicted molar refractivity (Wildman–Crippen MR) is 78.5 cm³/mol. The molecule has 0 radical (unpaired) electrons. The van der Waals surface area contributed by atoms with Crippen molar-refractivity contribution in [3.8, 4) is 0 Å². The highest BCUT2D eigenvalue weighted by atomic mass is 79.9. The monoisotopic (exact) mass is 335 g/mol. The molecule has 20 heavy (non-hydrogen) atoms. The second kappa shape index (κ2) is 5.96. The lowest BCUT2D eigenvalue weighted by atomic mass is 10.1. The molecule has 0 atom stereocenters. The van der Waals surface area contributed by atoms with Gasteiger partial charge in [0.05, 0.1) is 5.56 Å². The van der Waals surface area contributed by atoms with Crippen molar-refractivity contribution in [2.24, 2.45) is 0 Å². The summed E-state index contributed by atoms with van der Waals surface area (Å²) in [5.74, 6) is -1.29. The van der Waals surface area contributed by atoms with E-state index >= 15 is 0 Å². The molecule has 1 amide bonds. The summed E-state index contributed by atoms with van der Waals surface area (Å²) in [7, 11) is 0. The minimum Gasteiger partial charge on any atom is -0.322 e. The largest absolute Gasteiger partial charge is 0.322 e. The Morgan fingerprint density at radius 3 is 2.50 bits per heavy atom. The van der Waals surface area contributed by atoms with E-state index in [0.717, 1.165) is 0 Å². The fourth-order valence-electron chi connectivity index (χ4n) is 1.72. The summed E-state index contributed by atoms with van der Waals surface area (Å²) in [5, 5.41) is 2.57. The Hall–Kier alpha value is -2.01. The van der Waals surface area contributed by atoms with Crippen LogP contribution in [0.25, 0.3) is 0 Å². The molecule has 1 N–H and O–H groups in total. The summed E-state index contributed by atoms with van der Waals surface area (Å²) in [4.78, 5) is 23.4. The smallest absolute Gasteiger partial charge is 0.259 e. The molecule has 0 aliphatic heterocycles. The Bertz CT molecular complexity index is 665. The van der Waals surface area contributed by atoms with E-state index in [1.807, 2.05) is 0 Å². The Kier molecular flexibility index (Phi) is 4.29. The van der Waals surface area contributed by atoms with Gasteiger partial charge in [0, 0.05) is 15.7 Å². The van der Waals surface area contributed by atoms with Gasteiger partial charge in [-0.25, -0.2) is 4.39 Å². The fraction of sp³-hybridized carbons (Fsp3) is 0.0667. The zero-order valence-electron chi connectivity index (χ0n) is 10.6. The standard InChI is InChI=1S/C15H11BrFNO2/c1-9(19)10-4-2-5-11(8-10)18-15(20)14-12(16)6-3-7-13(14)17/h2-8H,1H3,(H,18,20). The third-order valence-electron chi connectivity index (χ3n) is 2.72. The number of benzene rings is 2. The summed E-state index contributed by atoms with van der Waals surface area (Å²) in [5.41, 5.74) is 0.856.